The molecule has 0 aromatic rings. The van der Waals surface area contributed by atoms with Crippen LogP contribution < -0.4 is 0 Å². The van der Waals surface area contributed by atoms with Crippen molar-refractivity contribution in [3.63, 3.8) is 0 Å². The zero-order chi connectivity index (χ0) is 27.0. The second-order valence-electron chi connectivity index (χ2n) is 11.9. The van der Waals surface area contributed by atoms with Gasteiger partial charge in [-0.15, -0.1) is 0 Å². The molecular weight excluding hydrogens is 484 g/mol. The van der Waals surface area contributed by atoms with Gasteiger partial charge in [-0.2, -0.15) is 0 Å². The maximum Gasteiger partial charge on any atom is 0.305 e. The Morgan fingerprint density at radius 3 is 2.63 bits per heavy atom. The number of rotatable bonds is 11. The molecule has 0 radical (unpaired) electrons. The van der Waals surface area contributed by atoms with Gasteiger partial charge < -0.3 is 24.1 Å². The third-order valence-corrected chi connectivity index (χ3v) is 9.17. The first kappa shape index (κ1) is 29.1. The van der Waals surface area contributed by atoms with Crippen molar-refractivity contribution >= 4 is 11.9 Å². The monoisotopic (exact) mass is 532 g/mol. The molecule has 0 bridgehead atoms. The third kappa shape index (κ3) is 7.84. The van der Waals surface area contributed by atoms with Crippen LogP contribution in [0.3, 0.4) is 0 Å². The lowest BCUT2D eigenvalue weighted by molar-refractivity contribution is -0.235. The first-order valence-corrected chi connectivity index (χ1v) is 15.0. The lowest BCUT2D eigenvalue weighted by Crippen LogP contribution is -2.40. The summed E-state index contributed by atoms with van der Waals surface area (Å²) in [4.78, 5) is 23.2. The topological polar surface area (TPSA) is 91.3 Å². The highest BCUT2D eigenvalue weighted by molar-refractivity contribution is 5.69. The van der Waals surface area contributed by atoms with Gasteiger partial charge in [0, 0.05) is 20.0 Å². The molecule has 0 amide bonds. The first-order valence-electron chi connectivity index (χ1n) is 15.0. The van der Waals surface area contributed by atoms with Crippen molar-refractivity contribution in [3.05, 3.63) is 23.5 Å². The Labute approximate surface area is 228 Å². The Morgan fingerprint density at radius 1 is 1.11 bits per heavy atom. The molecule has 0 spiro atoms. The van der Waals surface area contributed by atoms with Gasteiger partial charge in [0.05, 0.1) is 24.4 Å². The molecule has 3 saturated carbocycles. The molecule has 3 aliphatic carbocycles. The number of aliphatic hydroxyl groups excluding tert-OH is 1. The van der Waals surface area contributed by atoms with Gasteiger partial charge in [-0.1, -0.05) is 30.9 Å². The van der Waals surface area contributed by atoms with E-state index in [4.69, 9.17) is 18.9 Å². The minimum Gasteiger partial charge on any atom is -0.512 e. The highest BCUT2D eigenvalue weighted by Crippen LogP contribution is 2.53. The summed E-state index contributed by atoms with van der Waals surface area (Å²) in [6, 6.07) is 0. The van der Waals surface area contributed by atoms with Crippen LogP contribution in [0.5, 0.6) is 0 Å². The van der Waals surface area contributed by atoms with Crippen LogP contribution in [-0.4, -0.2) is 48.8 Å². The van der Waals surface area contributed by atoms with Crippen LogP contribution in [0.25, 0.3) is 0 Å². The molecule has 1 aliphatic heterocycles. The van der Waals surface area contributed by atoms with Gasteiger partial charge in [0.15, 0.2) is 6.29 Å². The van der Waals surface area contributed by atoms with Gasteiger partial charge in [-0.25, -0.2) is 0 Å². The van der Waals surface area contributed by atoms with E-state index < -0.39 is 0 Å². The van der Waals surface area contributed by atoms with E-state index in [0.717, 1.165) is 83.7 Å². The largest absolute Gasteiger partial charge is 0.512 e. The molecule has 0 aromatic heterocycles. The number of hydrogen-bond acceptors (Lipinski definition) is 7. The van der Waals surface area contributed by atoms with Gasteiger partial charge in [-0.05, 0) is 95.0 Å². The summed E-state index contributed by atoms with van der Waals surface area (Å²) in [5, 5.41) is 11.3. The Morgan fingerprint density at radius 2 is 1.92 bits per heavy atom. The van der Waals surface area contributed by atoms with Crippen LogP contribution in [0.2, 0.25) is 0 Å². The number of esters is 2. The number of carbonyl (C=O) groups excluding carboxylic acids is 2. The number of fused-ring (bicyclic) bond motifs is 1. The second kappa shape index (κ2) is 14.0. The van der Waals surface area contributed by atoms with Crippen LogP contribution >= 0.6 is 0 Å². The molecule has 1 heterocycles. The normalized spacial score (nSPS) is 32.2. The average Bonchev–Trinajstić information content (AvgIpc) is 3.43. The minimum absolute atomic E-state index is 0.0975. The summed E-state index contributed by atoms with van der Waals surface area (Å²) >= 11 is 0. The molecule has 1 saturated heterocycles. The number of carbonyl (C=O) groups is 2. The van der Waals surface area contributed by atoms with E-state index in [-0.39, 0.29) is 41.8 Å². The number of allylic oxidation sites excluding steroid dienone is 3. The van der Waals surface area contributed by atoms with E-state index in [1.54, 1.807) is 0 Å². The first-order chi connectivity index (χ1) is 18.4. The van der Waals surface area contributed by atoms with Gasteiger partial charge in [0.1, 0.15) is 6.10 Å². The lowest BCUT2D eigenvalue weighted by Gasteiger charge is -2.41. The van der Waals surface area contributed by atoms with Gasteiger partial charge in [0.2, 0.25) is 0 Å². The Balaban J connectivity index is 1.38. The number of hydrogen-bond donors (Lipinski definition) is 1. The summed E-state index contributed by atoms with van der Waals surface area (Å²) in [7, 11) is 1.42. The summed E-state index contributed by atoms with van der Waals surface area (Å²) < 4.78 is 23.0. The van der Waals surface area contributed by atoms with E-state index >= 15 is 0 Å². The Bertz CT molecular complexity index is 850. The molecule has 4 rings (SSSR count). The van der Waals surface area contributed by atoms with Crippen molar-refractivity contribution < 1.29 is 33.6 Å². The standard InChI is InChI=1S/C31H48O7/c1-22(32)37-27-21-24-19-23(11-4-5-13-28(34)35-2)20-25(24)30(27)26(33)12-10-17-31(15-7-3-8-16-31)38-29-14-6-9-18-36-29/h11-12,24-25,27,29-30,33H,3-10,13-21H2,1-2H3/b23-11+,26-12-/t24-,25+,27-,29?,30+/m0/s1. The predicted octanol–water partition coefficient (Wildman–Crippen LogP) is 6.70. The minimum atomic E-state index is -0.284. The van der Waals surface area contributed by atoms with Gasteiger partial charge >= 0.3 is 11.9 Å². The summed E-state index contributed by atoms with van der Waals surface area (Å²) in [6.07, 6.45) is 19.2. The van der Waals surface area contributed by atoms with E-state index in [2.05, 4.69) is 6.08 Å². The molecule has 0 aromatic carbocycles. The van der Waals surface area contributed by atoms with Crippen molar-refractivity contribution in [1.29, 1.82) is 0 Å². The van der Waals surface area contributed by atoms with Crippen molar-refractivity contribution in [2.24, 2.45) is 17.8 Å². The Kier molecular flexibility index (Phi) is 10.7. The summed E-state index contributed by atoms with van der Waals surface area (Å²) in [5.41, 5.74) is 1.23. The number of aliphatic hydroxyl groups is 1. The van der Waals surface area contributed by atoms with Crippen LogP contribution in [0, 0.1) is 17.8 Å². The van der Waals surface area contributed by atoms with E-state index in [1.165, 1.54) is 38.9 Å². The number of unbranched alkanes of at least 4 members (excludes halogenated alkanes) is 1. The summed E-state index contributed by atoms with van der Waals surface area (Å²) in [5.74, 6) is 0.442. The van der Waals surface area contributed by atoms with Crippen LogP contribution in [0.15, 0.2) is 23.5 Å². The number of ether oxygens (including phenoxy) is 4. The molecule has 1 N–H and O–H groups in total. The Hall–Kier alpha value is -1.86. The molecule has 4 aliphatic rings. The van der Waals surface area contributed by atoms with Crippen LogP contribution in [0.1, 0.15) is 110 Å². The fourth-order valence-electron chi connectivity index (χ4n) is 7.33. The maximum atomic E-state index is 11.9. The van der Waals surface area contributed by atoms with Gasteiger partial charge in [0.25, 0.3) is 0 Å². The molecule has 38 heavy (non-hydrogen) atoms. The fraction of sp³-hybridized carbons (Fsp3) is 0.806. The fourth-order valence-corrected chi connectivity index (χ4v) is 7.33. The van der Waals surface area contributed by atoms with E-state index in [1.807, 2.05) is 6.08 Å². The molecule has 7 heteroatoms. The summed E-state index contributed by atoms with van der Waals surface area (Å²) in [6.45, 7) is 2.24. The van der Waals surface area contributed by atoms with E-state index in [9.17, 15) is 14.7 Å². The molecule has 1 unspecified atom stereocenters. The van der Waals surface area contributed by atoms with Crippen molar-refractivity contribution in [2.45, 2.75) is 128 Å². The van der Waals surface area contributed by atoms with E-state index in [0.29, 0.717) is 18.1 Å². The van der Waals surface area contributed by atoms with Crippen molar-refractivity contribution in [3.8, 4) is 0 Å². The average molecular weight is 533 g/mol. The second-order valence-corrected chi connectivity index (χ2v) is 11.9. The third-order valence-electron chi connectivity index (χ3n) is 9.17. The lowest BCUT2D eigenvalue weighted by atomic mass is 9.81. The predicted molar refractivity (Wildman–Crippen MR) is 144 cm³/mol. The smallest absolute Gasteiger partial charge is 0.305 e. The maximum absolute atomic E-state index is 11.9. The van der Waals surface area contributed by atoms with Crippen molar-refractivity contribution in [2.75, 3.05) is 13.7 Å². The quantitative estimate of drug-likeness (QED) is 0.137. The molecular formula is C31H48O7. The number of methoxy groups -OCH3 is 1. The molecule has 5 atom stereocenters. The van der Waals surface area contributed by atoms with Crippen molar-refractivity contribution in [1.82, 2.24) is 0 Å². The zero-order valence-corrected chi connectivity index (χ0v) is 23.5. The highest BCUT2D eigenvalue weighted by atomic mass is 16.7. The SMILES string of the molecule is COC(=O)CCC/C=C1\C[C@H]2C[C@H](OC(C)=O)[C@@H](/C(O)=C/CCC3(OC4CCCCO4)CCCCC3)[C@@H]2C1. The zero-order valence-electron chi connectivity index (χ0n) is 23.5. The van der Waals surface area contributed by atoms with Gasteiger partial charge in [-0.3, -0.25) is 9.59 Å². The van der Waals surface area contributed by atoms with Crippen LogP contribution in [-0.2, 0) is 28.5 Å². The molecule has 4 fully saturated rings. The molecule has 214 valence electrons. The molecule has 7 nitrogen and oxygen atoms in total. The van der Waals surface area contributed by atoms with Crippen LogP contribution in [0.4, 0.5) is 0 Å². The highest BCUT2D eigenvalue weighted by Gasteiger charge is 2.50.